The van der Waals surface area contributed by atoms with E-state index in [0.29, 0.717) is 0 Å². The molecule has 0 aromatic heterocycles. The van der Waals surface area contributed by atoms with Crippen LogP contribution in [0.5, 0.6) is 0 Å². The van der Waals surface area contributed by atoms with Crippen molar-refractivity contribution in [1.82, 2.24) is 0 Å². The molecule has 0 unspecified atom stereocenters. The van der Waals surface area contributed by atoms with E-state index in [2.05, 4.69) is 11.1 Å². The van der Waals surface area contributed by atoms with Gasteiger partial charge in [-0.1, -0.05) is 11.6 Å². The van der Waals surface area contributed by atoms with Gasteiger partial charge in [0.2, 0.25) is 0 Å². The van der Waals surface area contributed by atoms with Crippen molar-refractivity contribution in [2.75, 3.05) is 14.2 Å². The molecule has 1 saturated carbocycles. The molecule has 0 amide bonds. The summed E-state index contributed by atoms with van der Waals surface area (Å²) in [6, 6.07) is 7.90. The predicted octanol–water partition coefficient (Wildman–Crippen LogP) is 1.68. The van der Waals surface area contributed by atoms with Gasteiger partial charge < -0.3 is 15.2 Å². The highest BCUT2D eigenvalue weighted by atomic mass is 35.5. The van der Waals surface area contributed by atoms with Gasteiger partial charge in [0.25, 0.3) is 11.6 Å². The number of benzene rings is 1. The first-order chi connectivity index (χ1) is 11.8. The van der Waals surface area contributed by atoms with Crippen molar-refractivity contribution < 1.29 is 14.4 Å². The van der Waals surface area contributed by atoms with Crippen LogP contribution in [0.1, 0.15) is 11.5 Å². The molecule has 1 heterocycles. The lowest BCUT2D eigenvalue weighted by Gasteiger charge is -2.29. The van der Waals surface area contributed by atoms with E-state index >= 15 is 0 Å². The largest absolute Gasteiger partial charge is 0.386 e. The minimum atomic E-state index is -1.81. The molecule has 9 nitrogen and oxygen atoms in total. The number of halogens is 1. The summed E-state index contributed by atoms with van der Waals surface area (Å²) in [5.74, 6) is -2.83. The molecule has 1 fully saturated rings. The maximum Gasteiger partial charge on any atom is 0.292 e. The fourth-order valence-corrected chi connectivity index (χ4v) is 4.08. The van der Waals surface area contributed by atoms with Crippen LogP contribution in [-0.2, 0) is 9.47 Å². The number of rotatable bonds is 4. The fraction of sp³-hybridized carbons (Fsp3) is 0.400. The van der Waals surface area contributed by atoms with Gasteiger partial charge in [-0.3, -0.25) is 10.1 Å². The monoisotopic (exact) mass is 361 g/mol. The van der Waals surface area contributed by atoms with Crippen LogP contribution in [0.4, 0.5) is 5.69 Å². The summed E-state index contributed by atoms with van der Waals surface area (Å²) in [4.78, 5) is 14.6. The zero-order valence-corrected chi connectivity index (χ0v) is 13.9. The lowest BCUT2D eigenvalue weighted by atomic mass is 9.93. The molecule has 0 bridgehead atoms. The number of nitrogens with zero attached hydrogens (tertiary/aromatic N) is 4. The van der Waals surface area contributed by atoms with E-state index in [1.807, 2.05) is 6.07 Å². The third kappa shape index (κ3) is 1.65. The van der Waals surface area contributed by atoms with Crippen molar-refractivity contribution in [2.24, 2.45) is 21.6 Å². The predicted molar refractivity (Wildman–Crippen MR) is 85.3 cm³/mol. The number of fused-ring (bicyclic) bond motifs is 1. The summed E-state index contributed by atoms with van der Waals surface area (Å²) in [6.45, 7) is 0. The zero-order chi connectivity index (χ0) is 18.6. The fourth-order valence-electron chi connectivity index (χ4n) is 3.85. The third-order valence-corrected chi connectivity index (χ3v) is 5.33. The lowest BCUT2D eigenvalue weighted by Crippen LogP contribution is -2.41. The number of methoxy groups -OCH3 is 2. The standard InChI is InChI=1S/C15H12ClN5O4/c1-24-15(25-2)14(7-18)11(13(14,6-17)12(19)20-15)9-5-8(21(22)23)3-4-10(9)16/h3-5,11H,1-2H3,(H2,19,20)/t11-,13-,14+/m0/s1. The van der Waals surface area contributed by atoms with E-state index in [-0.39, 0.29) is 22.1 Å². The first-order valence-electron chi connectivity index (χ1n) is 7.04. The molecule has 3 rings (SSSR count). The molecule has 10 heteroatoms. The number of hydrogen-bond donors (Lipinski definition) is 1. The molecule has 25 heavy (non-hydrogen) atoms. The van der Waals surface area contributed by atoms with Gasteiger partial charge in [0.05, 0.1) is 17.1 Å². The summed E-state index contributed by atoms with van der Waals surface area (Å²) in [6.07, 6.45) is 0. The molecule has 1 aliphatic heterocycles. The second-order valence-corrected chi connectivity index (χ2v) is 6.13. The van der Waals surface area contributed by atoms with Crippen LogP contribution in [0.3, 0.4) is 0 Å². The average molecular weight is 362 g/mol. The van der Waals surface area contributed by atoms with Gasteiger partial charge in [0, 0.05) is 37.3 Å². The van der Waals surface area contributed by atoms with E-state index in [9.17, 15) is 20.6 Å². The number of aliphatic imine (C=N–C) groups is 1. The van der Waals surface area contributed by atoms with Crippen LogP contribution < -0.4 is 5.73 Å². The summed E-state index contributed by atoms with van der Waals surface area (Å²) < 4.78 is 10.6. The van der Waals surface area contributed by atoms with Gasteiger partial charge in [-0.05, 0) is 11.6 Å². The van der Waals surface area contributed by atoms with Gasteiger partial charge in [0.15, 0.2) is 5.41 Å². The van der Waals surface area contributed by atoms with E-state index in [4.69, 9.17) is 26.8 Å². The SMILES string of the molecule is COC1(OC)N=C(N)[C@]2(C#N)[C@H](c3cc([N+](=O)[O-])ccc3Cl)[C@@]12C#N. The number of nitro groups is 1. The second-order valence-electron chi connectivity index (χ2n) is 5.72. The molecule has 0 saturated heterocycles. The van der Waals surface area contributed by atoms with Crippen LogP contribution in [0.15, 0.2) is 23.2 Å². The number of nitrogens with two attached hydrogens (primary N) is 1. The molecular formula is C15H12ClN5O4. The van der Waals surface area contributed by atoms with E-state index in [1.165, 1.54) is 32.4 Å². The number of hydrogen-bond acceptors (Lipinski definition) is 8. The molecule has 0 spiro atoms. The number of amidine groups is 1. The first kappa shape index (κ1) is 17.1. The Kier molecular flexibility index (Phi) is 3.52. The summed E-state index contributed by atoms with van der Waals surface area (Å²) in [7, 11) is 2.55. The van der Waals surface area contributed by atoms with Crippen molar-refractivity contribution in [1.29, 1.82) is 10.5 Å². The van der Waals surface area contributed by atoms with Crippen LogP contribution in [0.25, 0.3) is 0 Å². The molecule has 2 N–H and O–H groups in total. The summed E-state index contributed by atoms with van der Waals surface area (Å²) >= 11 is 6.21. The minimum absolute atomic E-state index is 0.132. The Bertz CT molecular complexity index is 900. The third-order valence-electron chi connectivity index (χ3n) is 4.98. The summed E-state index contributed by atoms with van der Waals surface area (Å²) in [5, 5.41) is 31.0. The van der Waals surface area contributed by atoms with Crippen LogP contribution in [0, 0.1) is 43.6 Å². The van der Waals surface area contributed by atoms with Gasteiger partial charge in [-0.15, -0.1) is 0 Å². The molecule has 1 aliphatic carbocycles. The molecular weight excluding hydrogens is 350 g/mol. The van der Waals surface area contributed by atoms with Gasteiger partial charge in [0.1, 0.15) is 11.3 Å². The second kappa shape index (κ2) is 5.14. The van der Waals surface area contributed by atoms with Gasteiger partial charge >= 0.3 is 0 Å². The topological polar surface area (TPSA) is 148 Å². The zero-order valence-electron chi connectivity index (χ0n) is 13.2. The van der Waals surface area contributed by atoms with Crippen molar-refractivity contribution in [2.45, 2.75) is 11.8 Å². The maximum absolute atomic E-state index is 11.1. The Morgan fingerprint density at radius 2 is 2.00 bits per heavy atom. The number of nitro benzene ring substituents is 1. The first-order valence-corrected chi connectivity index (χ1v) is 7.42. The Balaban J connectivity index is 2.29. The smallest absolute Gasteiger partial charge is 0.292 e. The van der Waals surface area contributed by atoms with Crippen molar-refractivity contribution in [3.63, 3.8) is 0 Å². The number of nitriles is 2. The van der Waals surface area contributed by atoms with Crippen LogP contribution >= 0.6 is 11.6 Å². The van der Waals surface area contributed by atoms with Crippen molar-refractivity contribution >= 4 is 23.1 Å². The molecule has 1 aromatic rings. The van der Waals surface area contributed by atoms with Gasteiger partial charge in [-0.25, -0.2) is 4.99 Å². The molecule has 0 radical (unpaired) electrons. The average Bonchev–Trinajstić information content (AvgIpc) is 3.17. The number of ether oxygens (including phenoxy) is 2. The Morgan fingerprint density at radius 3 is 2.48 bits per heavy atom. The Labute approximate surface area is 147 Å². The Morgan fingerprint density at radius 1 is 1.36 bits per heavy atom. The molecule has 3 atom stereocenters. The molecule has 1 aromatic carbocycles. The highest BCUT2D eigenvalue weighted by Gasteiger charge is 2.93. The molecule has 128 valence electrons. The quantitative estimate of drug-likeness (QED) is 0.487. The highest BCUT2D eigenvalue weighted by Crippen LogP contribution is 2.82. The van der Waals surface area contributed by atoms with Crippen LogP contribution in [0.2, 0.25) is 5.02 Å². The van der Waals surface area contributed by atoms with Crippen molar-refractivity contribution in [3.05, 3.63) is 38.9 Å². The Hall–Kier alpha value is -2.72. The van der Waals surface area contributed by atoms with E-state index in [1.54, 1.807) is 0 Å². The minimum Gasteiger partial charge on any atom is -0.386 e. The maximum atomic E-state index is 11.1. The highest BCUT2D eigenvalue weighted by molar-refractivity contribution is 6.31. The summed E-state index contributed by atoms with van der Waals surface area (Å²) in [5.41, 5.74) is 2.83. The normalized spacial score (nSPS) is 31.4. The van der Waals surface area contributed by atoms with Gasteiger partial charge in [-0.2, -0.15) is 10.5 Å². The molecule has 2 aliphatic rings. The van der Waals surface area contributed by atoms with Crippen molar-refractivity contribution in [3.8, 4) is 12.1 Å². The van der Waals surface area contributed by atoms with Crippen LogP contribution in [-0.4, -0.2) is 30.9 Å². The number of non-ortho nitro benzene ring substituents is 1. The van der Waals surface area contributed by atoms with E-state index < -0.39 is 27.6 Å². The lowest BCUT2D eigenvalue weighted by molar-refractivity contribution is -0.384. The van der Waals surface area contributed by atoms with E-state index in [0.717, 1.165) is 0 Å².